The molecule has 0 saturated heterocycles. The molecule has 0 aliphatic rings. The molecule has 0 aliphatic heterocycles. The molecule has 0 spiro atoms. The Morgan fingerprint density at radius 1 is 1.06 bits per heavy atom. The van der Waals surface area contributed by atoms with Crippen LogP contribution in [0.5, 0.6) is 0 Å². The van der Waals surface area contributed by atoms with Crippen molar-refractivity contribution < 1.29 is 9.59 Å². The summed E-state index contributed by atoms with van der Waals surface area (Å²) in [6.07, 6.45) is 2.50. The zero-order valence-electron chi connectivity index (χ0n) is 10.4. The highest BCUT2D eigenvalue weighted by Gasteiger charge is 2.03. The number of carbonyl (C=O) groups excluding carboxylic acids is 2. The quantitative estimate of drug-likeness (QED) is 0.553. The number of nitrogens with zero attached hydrogens (tertiary/aromatic N) is 1. The van der Waals surface area contributed by atoms with Crippen LogP contribution in [0.3, 0.4) is 0 Å². The molecule has 96 valence electrons. The molecule has 5 nitrogen and oxygen atoms in total. The van der Waals surface area contributed by atoms with Crippen molar-refractivity contribution in [1.29, 1.82) is 0 Å². The highest BCUT2D eigenvalue weighted by Crippen LogP contribution is 1.85. The molecule has 0 bridgehead atoms. The average Bonchev–Trinajstić information content (AvgIpc) is 2.36. The van der Waals surface area contributed by atoms with Crippen molar-refractivity contribution in [3.05, 3.63) is 25.3 Å². The van der Waals surface area contributed by atoms with Crippen LogP contribution in [0.15, 0.2) is 25.3 Å². The second-order valence-electron chi connectivity index (χ2n) is 3.42. The van der Waals surface area contributed by atoms with Crippen molar-refractivity contribution >= 4 is 11.8 Å². The van der Waals surface area contributed by atoms with Gasteiger partial charge in [-0.3, -0.25) is 9.59 Å². The van der Waals surface area contributed by atoms with Crippen LogP contribution in [0.25, 0.3) is 0 Å². The van der Waals surface area contributed by atoms with Crippen molar-refractivity contribution in [1.82, 2.24) is 15.5 Å². The van der Waals surface area contributed by atoms with Crippen molar-refractivity contribution in [2.75, 3.05) is 32.7 Å². The Morgan fingerprint density at radius 2 is 1.47 bits per heavy atom. The molecule has 2 N–H and O–H groups in total. The predicted molar refractivity (Wildman–Crippen MR) is 68.5 cm³/mol. The summed E-state index contributed by atoms with van der Waals surface area (Å²) < 4.78 is 0. The van der Waals surface area contributed by atoms with Crippen LogP contribution in [-0.4, -0.2) is 49.4 Å². The molecule has 0 saturated carbocycles. The predicted octanol–water partition coefficient (Wildman–Crippen LogP) is -0.0873. The monoisotopic (exact) mass is 239 g/mol. The van der Waals surface area contributed by atoms with Gasteiger partial charge in [-0.2, -0.15) is 0 Å². The Balaban J connectivity index is 3.69. The summed E-state index contributed by atoms with van der Waals surface area (Å²) in [4.78, 5) is 23.9. The Bertz CT molecular complexity index is 251. The van der Waals surface area contributed by atoms with Crippen LogP contribution < -0.4 is 10.6 Å². The lowest BCUT2D eigenvalue weighted by atomic mass is 10.4. The van der Waals surface area contributed by atoms with Gasteiger partial charge in [0.05, 0.1) is 0 Å². The Hall–Kier alpha value is -1.62. The largest absolute Gasteiger partial charge is 0.351 e. The molecule has 0 unspecified atom stereocenters. The van der Waals surface area contributed by atoms with Crippen molar-refractivity contribution in [3.8, 4) is 0 Å². The minimum absolute atomic E-state index is 0.166. The zero-order chi connectivity index (χ0) is 13.1. The van der Waals surface area contributed by atoms with E-state index in [4.69, 9.17) is 0 Å². The minimum Gasteiger partial charge on any atom is -0.351 e. The molecule has 0 radical (unpaired) electrons. The maximum Gasteiger partial charge on any atom is 0.243 e. The lowest BCUT2D eigenvalue weighted by molar-refractivity contribution is -0.117. The maximum atomic E-state index is 10.9. The van der Waals surface area contributed by atoms with E-state index in [1.807, 2.05) is 6.92 Å². The van der Waals surface area contributed by atoms with Gasteiger partial charge in [-0.05, 0) is 18.7 Å². The molecule has 2 amide bonds. The highest BCUT2D eigenvalue weighted by molar-refractivity contribution is 5.87. The smallest absolute Gasteiger partial charge is 0.243 e. The van der Waals surface area contributed by atoms with Gasteiger partial charge < -0.3 is 15.5 Å². The molecule has 0 aromatic carbocycles. The van der Waals surface area contributed by atoms with Gasteiger partial charge in [0.2, 0.25) is 11.8 Å². The fourth-order valence-electron chi connectivity index (χ4n) is 1.25. The number of hydrogen-bond acceptors (Lipinski definition) is 3. The molecule has 0 heterocycles. The number of amides is 2. The molecule has 0 atom stereocenters. The molecule has 5 heteroatoms. The number of carbonyl (C=O) groups is 2. The van der Waals surface area contributed by atoms with Gasteiger partial charge in [0.25, 0.3) is 0 Å². The first kappa shape index (κ1) is 15.4. The van der Waals surface area contributed by atoms with Gasteiger partial charge in [-0.25, -0.2) is 0 Å². The summed E-state index contributed by atoms with van der Waals surface area (Å²) in [6.45, 7) is 12.3. The van der Waals surface area contributed by atoms with Crippen LogP contribution in [-0.2, 0) is 9.59 Å². The number of nitrogens with one attached hydrogen (secondary N) is 2. The Kier molecular flexibility index (Phi) is 8.68. The summed E-state index contributed by atoms with van der Waals surface area (Å²) >= 11 is 0. The summed E-state index contributed by atoms with van der Waals surface area (Å²) in [5.74, 6) is -0.331. The first-order chi connectivity index (χ1) is 8.13. The van der Waals surface area contributed by atoms with Crippen LogP contribution >= 0.6 is 0 Å². The van der Waals surface area contributed by atoms with Gasteiger partial charge in [0.15, 0.2) is 0 Å². The second-order valence-corrected chi connectivity index (χ2v) is 3.42. The molecule has 17 heavy (non-hydrogen) atoms. The SMILES string of the molecule is C=CC(=O)NCCN(CC)CCNC(=O)C=C. The summed E-state index contributed by atoms with van der Waals surface area (Å²) in [7, 11) is 0. The van der Waals surface area contributed by atoms with E-state index in [-0.39, 0.29) is 11.8 Å². The normalized spacial score (nSPS) is 9.76. The molecule has 0 rings (SSSR count). The second kappa shape index (κ2) is 9.59. The average molecular weight is 239 g/mol. The lowest BCUT2D eigenvalue weighted by Gasteiger charge is -2.20. The van der Waals surface area contributed by atoms with Crippen LogP contribution in [0.4, 0.5) is 0 Å². The van der Waals surface area contributed by atoms with E-state index < -0.39 is 0 Å². The van der Waals surface area contributed by atoms with E-state index in [0.29, 0.717) is 13.1 Å². The van der Waals surface area contributed by atoms with E-state index in [1.165, 1.54) is 12.2 Å². The summed E-state index contributed by atoms with van der Waals surface area (Å²) in [5.41, 5.74) is 0. The van der Waals surface area contributed by atoms with Crippen LogP contribution in [0, 0.1) is 0 Å². The first-order valence-corrected chi connectivity index (χ1v) is 5.66. The third kappa shape index (κ3) is 8.21. The fourth-order valence-corrected chi connectivity index (χ4v) is 1.25. The van der Waals surface area contributed by atoms with Gasteiger partial charge in [0, 0.05) is 26.2 Å². The van der Waals surface area contributed by atoms with Crippen molar-refractivity contribution in [2.45, 2.75) is 6.92 Å². The van der Waals surface area contributed by atoms with Gasteiger partial charge in [0.1, 0.15) is 0 Å². The fraction of sp³-hybridized carbons (Fsp3) is 0.500. The number of likely N-dealkylation sites (N-methyl/N-ethyl adjacent to an activating group) is 1. The van der Waals surface area contributed by atoms with E-state index in [1.54, 1.807) is 0 Å². The van der Waals surface area contributed by atoms with Gasteiger partial charge in [-0.1, -0.05) is 20.1 Å². The van der Waals surface area contributed by atoms with Crippen LogP contribution in [0.2, 0.25) is 0 Å². The third-order valence-corrected chi connectivity index (χ3v) is 2.27. The van der Waals surface area contributed by atoms with Gasteiger partial charge >= 0.3 is 0 Å². The number of rotatable bonds is 9. The summed E-state index contributed by atoms with van der Waals surface area (Å²) in [5, 5.41) is 5.41. The summed E-state index contributed by atoms with van der Waals surface area (Å²) in [6, 6.07) is 0. The first-order valence-electron chi connectivity index (χ1n) is 5.66. The Morgan fingerprint density at radius 3 is 1.76 bits per heavy atom. The van der Waals surface area contributed by atoms with Crippen molar-refractivity contribution in [3.63, 3.8) is 0 Å². The number of hydrogen-bond donors (Lipinski definition) is 2. The molecular formula is C12H21N3O2. The molecular weight excluding hydrogens is 218 g/mol. The molecule has 0 aromatic rings. The maximum absolute atomic E-state index is 10.9. The molecule has 0 fully saturated rings. The van der Waals surface area contributed by atoms with Gasteiger partial charge in [-0.15, -0.1) is 0 Å². The third-order valence-electron chi connectivity index (χ3n) is 2.27. The van der Waals surface area contributed by atoms with Crippen LogP contribution in [0.1, 0.15) is 6.92 Å². The van der Waals surface area contributed by atoms with Crippen molar-refractivity contribution in [2.24, 2.45) is 0 Å². The molecule has 0 aliphatic carbocycles. The lowest BCUT2D eigenvalue weighted by Crippen LogP contribution is -2.38. The van der Waals surface area contributed by atoms with E-state index in [9.17, 15) is 9.59 Å². The van der Waals surface area contributed by atoms with E-state index in [0.717, 1.165) is 19.6 Å². The van der Waals surface area contributed by atoms with E-state index in [2.05, 4.69) is 28.7 Å². The topological polar surface area (TPSA) is 61.4 Å². The minimum atomic E-state index is -0.166. The zero-order valence-corrected chi connectivity index (χ0v) is 10.4. The highest BCUT2D eigenvalue weighted by atomic mass is 16.2. The standard InChI is InChI=1S/C12H21N3O2/c1-4-11(16)13-7-9-15(6-3)10-8-14-12(17)5-2/h4-5H,1-2,6-10H2,3H3,(H,13,16)(H,14,17). The molecule has 0 aromatic heterocycles. The van der Waals surface area contributed by atoms with E-state index >= 15 is 0 Å². The Labute approximate surface area is 103 Å².